The summed E-state index contributed by atoms with van der Waals surface area (Å²) in [6.07, 6.45) is 6.59. The second-order valence-electron chi connectivity index (χ2n) is 8.30. The van der Waals surface area contributed by atoms with Gasteiger partial charge in [0.25, 0.3) is 0 Å². The zero-order chi connectivity index (χ0) is 16.7. The van der Waals surface area contributed by atoms with Crippen molar-refractivity contribution in [2.24, 2.45) is 17.8 Å². The third-order valence-corrected chi connectivity index (χ3v) is 6.89. The third-order valence-electron chi connectivity index (χ3n) is 6.89. The Labute approximate surface area is 145 Å². The van der Waals surface area contributed by atoms with E-state index in [9.17, 15) is 4.79 Å². The number of fused-ring (bicyclic) bond motifs is 3. The standard InChI is InChI=1S/C21H30N2O/c1-14(20-12-16-7-8-18(20)11-16)22-21(24)15(2)23-10-9-17-5-3-4-6-19(17)13-23/h3-6,14-16,18,20H,7-13H2,1-2H3,(H,22,24)/t14-,15-,16-,18-,20-/m0/s1. The van der Waals surface area contributed by atoms with E-state index in [1.807, 2.05) is 0 Å². The van der Waals surface area contributed by atoms with Crippen molar-refractivity contribution in [3.63, 3.8) is 0 Å². The molecule has 2 saturated carbocycles. The van der Waals surface area contributed by atoms with E-state index in [0.29, 0.717) is 12.0 Å². The third kappa shape index (κ3) is 2.99. The average Bonchev–Trinajstić information content (AvgIpc) is 3.24. The first-order valence-electron chi connectivity index (χ1n) is 9.73. The van der Waals surface area contributed by atoms with Gasteiger partial charge in [-0.2, -0.15) is 0 Å². The first-order chi connectivity index (χ1) is 11.6. The maximum absolute atomic E-state index is 12.8. The minimum absolute atomic E-state index is 0.0422. The van der Waals surface area contributed by atoms with Crippen molar-refractivity contribution in [1.82, 2.24) is 10.2 Å². The summed E-state index contributed by atoms with van der Waals surface area (Å²) >= 11 is 0. The van der Waals surface area contributed by atoms with E-state index in [0.717, 1.165) is 31.3 Å². The summed E-state index contributed by atoms with van der Waals surface area (Å²) < 4.78 is 0. The Balaban J connectivity index is 1.35. The summed E-state index contributed by atoms with van der Waals surface area (Å²) in [5, 5.41) is 3.35. The minimum Gasteiger partial charge on any atom is -0.352 e. The number of nitrogens with zero attached hydrogens (tertiary/aromatic N) is 1. The van der Waals surface area contributed by atoms with Gasteiger partial charge < -0.3 is 5.32 Å². The van der Waals surface area contributed by atoms with Crippen molar-refractivity contribution >= 4 is 5.91 Å². The molecule has 3 heteroatoms. The molecular formula is C21H30N2O. The van der Waals surface area contributed by atoms with Gasteiger partial charge in [0.1, 0.15) is 0 Å². The van der Waals surface area contributed by atoms with Gasteiger partial charge in [0.2, 0.25) is 5.91 Å². The van der Waals surface area contributed by atoms with Gasteiger partial charge in [0, 0.05) is 19.1 Å². The van der Waals surface area contributed by atoms with Crippen LogP contribution >= 0.6 is 0 Å². The molecule has 130 valence electrons. The molecule has 0 radical (unpaired) electrons. The Bertz CT molecular complexity index is 614. The zero-order valence-electron chi connectivity index (χ0n) is 15.0. The van der Waals surface area contributed by atoms with Gasteiger partial charge in [-0.3, -0.25) is 9.69 Å². The van der Waals surface area contributed by atoms with Crippen LogP contribution in [0.5, 0.6) is 0 Å². The molecule has 0 spiro atoms. The molecule has 0 saturated heterocycles. The summed E-state index contributed by atoms with van der Waals surface area (Å²) in [4.78, 5) is 15.1. The van der Waals surface area contributed by atoms with E-state index in [2.05, 4.69) is 48.3 Å². The molecule has 2 bridgehead atoms. The number of benzene rings is 1. The lowest BCUT2D eigenvalue weighted by molar-refractivity contribution is -0.127. The Hall–Kier alpha value is -1.35. The number of amides is 1. The van der Waals surface area contributed by atoms with Gasteiger partial charge in [-0.1, -0.05) is 30.7 Å². The Morgan fingerprint density at radius 1 is 1.17 bits per heavy atom. The monoisotopic (exact) mass is 326 g/mol. The summed E-state index contributed by atoms with van der Waals surface area (Å²) in [5.74, 6) is 2.73. The summed E-state index contributed by atoms with van der Waals surface area (Å²) in [5.41, 5.74) is 2.82. The first-order valence-corrected chi connectivity index (χ1v) is 9.73. The van der Waals surface area contributed by atoms with Gasteiger partial charge in [-0.15, -0.1) is 0 Å². The lowest BCUT2D eigenvalue weighted by atomic mass is 9.84. The van der Waals surface area contributed by atoms with Gasteiger partial charge >= 0.3 is 0 Å². The van der Waals surface area contributed by atoms with Crippen LogP contribution in [0.1, 0.15) is 50.7 Å². The highest BCUT2D eigenvalue weighted by atomic mass is 16.2. The van der Waals surface area contributed by atoms with Crippen molar-refractivity contribution in [2.75, 3.05) is 6.54 Å². The van der Waals surface area contributed by atoms with E-state index in [-0.39, 0.29) is 11.9 Å². The van der Waals surface area contributed by atoms with Crippen LogP contribution in [0.3, 0.4) is 0 Å². The van der Waals surface area contributed by atoms with Crippen molar-refractivity contribution in [3.05, 3.63) is 35.4 Å². The molecule has 1 aliphatic heterocycles. The molecule has 24 heavy (non-hydrogen) atoms. The Morgan fingerprint density at radius 3 is 2.67 bits per heavy atom. The largest absolute Gasteiger partial charge is 0.352 e. The van der Waals surface area contributed by atoms with E-state index >= 15 is 0 Å². The van der Waals surface area contributed by atoms with Gasteiger partial charge in [-0.05, 0) is 68.4 Å². The quantitative estimate of drug-likeness (QED) is 0.920. The highest BCUT2D eigenvalue weighted by molar-refractivity contribution is 5.81. The van der Waals surface area contributed by atoms with E-state index in [4.69, 9.17) is 0 Å². The van der Waals surface area contributed by atoms with E-state index < -0.39 is 0 Å². The summed E-state index contributed by atoms with van der Waals surface area (Å²) in [7, 11) is 0. The van der Waals surface area contributed by atoms with Crippen LogP contribution < -0.4 is 5.32 Å². The molecule has 0 aromatic heterocycles. The maximum Gasteiger partial charge on any atom is 0.237 e. The fraction of sp³-hybridized carbons (Fsp3) is 0.667. The van der Waals surface area contributed by atoms with Crippen LogP contribution in [0.2, 0.25) is 0 Å². The molecule has 1 amide bonds. The Morgan fingerprint density at radius 2 is 1.96 bits per heavy atom. The molecule has 1 aromatic carbocycles. The smallest absolute Gasteiger partial charge is 0.237 e. The average molecular weight is 326 g/mol. The van der Waals surface area contributed by atoms with Gasteiger partial charge in [0.15, 0.2) is 0 Å². The van der Waals surface area contributed by atoms with Crippen molar-refractivity contribution in [3.8, 4) is 0 Å². The minimum atomic E-state index is -0.0422. The number of carbonyl (C=O) groups excluding carboxylic acids is 1. The SMILES string of the molecule is C[C@H](NC(=O)[C@H](C)N1CCc2ccccc2C1)[C@@H]1C[C@H]2CC[C@H]1C2. The van der Waals surface area contributed by atoms with Gasteiger partial charge in [-0.25, -0.2) is 0 Å². The molecule has 4 rings (SSSR count). The second-order valence-corrected chi connectivity index (χ2v) is 8.30. The van der Waals surface area contributed by atoms with Crippen LogP contribution in [0, 0.1) is 17.8 Å². The lowest BCUT2D eigenvalue weighted by Gasteiger charge is -2.35. The van der Waals surface area contributed by atoms with Crippen molar-refractivity contribution < 1.29 is 4.79 Å². The lowest BCUT2D eigenvalue weighted by Crippen LogP contribution is -2.50. The predicted octanol–water partition coefficient (Wildman–Crippen LogP) is 3.37. The van der Waals surface area contributed by atoms with E-state index in [1.54, 1.807) is 0 Å². The molecule has 2 fully saturated rings. The fourth-order valence-corrected chi connectivity index (χ4v) is 5.37. The molecule has 1 aromatic rings. The summed E-state index contributed by atoms with van der Waals surface area (Å²) in [6, 6.07) is 8.91. The fourth-order valence-electron chi connectivity index (χ4n) is 5.37. The number of nitrogens with one attached hydrogen (secondary N) is 1. The molecule has 0 unspecified atom stereocenters. The number of carbonyl (C=O) groups is 1. The highest BCUT2D eigenvalue weighted by Gasteiger charge is 2.42. The van der Waals surface area contributed by atoms with Crippen LogP contribution in [-0.4, -0.2) is 29.4 Å². The van der Waals surface area contributed by atoms with E-state index in [1.165, 1.54) is 36.8 Å². The van der Waals surface area contributed by atoms with Crippen LogP contribution in [0.25, 0.3) is 0 Å². The molecular weight excluding hydrogens is 296 g/mol. The highest BCUT2D eigenvalue weighted by Crippen LogP contribution is 2.49. The maximum atomic E-state index is 12.8. The van der Waals surface area contributed by atoms with Crippen molar-refractivity contribution in [2.45, 2.75) is 64.6 Å². The van der Waals surface area contributed by atoms with Crippen LogP contribution in [-0.2, 0) is 17.8 Å². The molecule has 1 N–H and O–H groups in total. The van der Waals surface area contributed by atoms with Crippen LogP contribution in [0.15, 0.2) is 24.3 Å². The molecule has 5 atom stereocenters. The number of hydrogen-bond acceptors (Lipinski definition) is 2. The predicted molar refractivity (Wildman–Crippen MR) is 96.6 cm³/mol. The molecule has 2 aliphatic carbocycles. The number of hydrogen-bond donors (Lipinski definition) is 1. The Kier molecular flexibility index (Phi) is 4.38. The van der Waals surface area contributed by atoms with Crippen molar-refractivity contribution in [1.29, 1.82) is 0 Å². The first kappa shape index (κ1) is 16.1. The molecule has 3 aliphatic rings. The van der Waals surface area contributed by atoms with Gasteiger partial charge in [0.05, 0.1) is 6.04 Å². The topological polar surface area (TPSA) is 32.3 Å². The normalized spacial score (nSPS) is 31.5. The zero-order valence-corrected chi connectivity index (χ0v) is 15.0. The number of rotatable bonds is 4. The second kappa shape index (κ2) is 6.51. The summed E-state index contributed by atoms with van der Waals surface area (Å²) in [6.45, 7) is 6.17. The molecule has 1 heterocycles. The van der Waals surface area contributed by atoms with Crippen LogP contribution in [0.4, 0.5) is 0 Å². The molecule has 3 nitrogen and oxygen atoms in total.